The van der Waals surface area contributed by atoms with Crippen molar-refractivity contribution in [2.75, 3.05) is 0 Å². The van der Waals surface area contributed by atoms with Crippen molar-refractivity contribution in [3.05, 3.63) is 107 Å². The summed E-state index contributed by atoms with van der Waals surface area (Å²) in [4.78, 5) is 40.0. The quantitative estimate of drug-likeness (QED) is 0.390. The molecule has 1 N–H and O–H groups in total. The van der Waals surface area contributed by atoms with Gasteiger partial charge in [-0.3, -0.25) is 14.4 Å². The second-order valence-corrected chi connectivity index (χ2v) is 9.58. The molecule has 4 rings (SSSR count). The maximum absolute atomic E-state index is 13.4. The van der Waals surface area contributed by atoms with Crippen LogP contribution in [0.1, 0.15) is 41.5 Å². The lowest BCUT2D eigenvalue weighted by molar-refractivity contribution is -0.174. The minimum atomic E-state index is -1.70. The SMILES string of the molecule is Cc1ccc([C@@H]2[C@@H](C(=O)OCc3ccccc3)C(=O)C[C@@](C)(O)[C@@H]2C(=O)OCc2ccccc2)cc1. The van der Waals surface area contributed by atoms with E-state index in [-0.39, 0.29) is 19.6 Å². The van der Waals surface area contributed by atoms with E-state index in [1.54, 1.807) is 12.1 Å². The third kappa shape index (κ3) is 5.71. The van der Waals surface area contributed by atoms with Crippen LogP contribution in [0, 0.1) is 18.8 Å². The van der Waals surface area contributed by atoms with E-state index in [0.29, 0.717) is 5.56 Å². The lowest BCUT2D eigenvalue weighted by atomic mass is 9.61. The minimum absolute atomic E-state index is 0.00356. The summed E-state index contributed by atoms with van der Waals surface area (Å²) in [6.07, 6.45) is -0.356. The average Bonchev–Trinajstić information content (AvgIpc) is 2.86. The molecule has 6 nitrogen and oxygen atoms in total. The Bertz CT molecular complexity index is 1200. The maximum Gasteiger partial charge on any atom is 0.317 e. The highest BCUT2D eigenvalue weighted by Gasteiger charge is 2.57. The Balaban J connectivity index is 1.66. The van der Waals surface area contributed by atoms with E-state index in [1.807, 2.05) is 79.7 Å². The van der Waals surface area contributed by atoms with Crippen LogP contribution < -0.4 is 0 Å². The Morgan fingerprint density at radius 1 is 0.833 bits per heavy atom. The summed E-state index contributed by atoms with van der Waals surface area (Å²) in [5.41, 5.74) is 1.46. The van der Waals surface area contributed by atoms with E-state index in [1.165, 1.54) is 6.92 Å². The van der Waals surface area contributed by atoms with Gasteiger partial charge in [0.25, 0.3) is 0 Å². The number of carbonyl (C=O) groups excluding carboxylic acids is 3. The predicted octanol–water partition coefficient (Wildman–Crippen LogP) is 4.52. The van der Waals surface area contributed by atoms with Crippen LogP contribution in [-0.2, 0) is 37.1 Å². The Kier molecular flexibility index (Phi) is 7.65. The van der Waals surface area contributed by atoms with Gasteiger partial charge in [-0.1, -0.05) is 90.5 Å². The van der Waals surface area contributed by atoms with Gasteiger partial charge in [0.2, 0.25) is 0 Å². The number of hydrogen-bond donors (Lipinski definition) is 1. The van der Waals surface area contributed by atoms with Crippen LogP contribution in [0.2, 0.25) is 0 Å². The molecule has 1 saturated carbocycles. The zero-order valence-electron chi connectivity index (χ0n) is 20.4. The summed E-state index contributed by atoms with van der Waals surface area (Å²) >= 11 is 0. The van der Waals surface area contributed by atoms with Gasteiger partial charge in [0, 0.05) is 12.3 Å². The average molecular weight is 487 g/mol. The molecule has 1 aliphatic rings. The molecule has 0 saturated heterocycles. The molecule has 0 bridgehead atoms. The number of aryl methyl sites for hydroxylation is 1. The van der Waals surface area contributed by atoms with Crippen LogP contribution in [0.25, 0.3) is 0 Å². The van der Waals surface area contributed by atoms with Crippen LogP contribution in [0.4, 0.5) is 0 Å². The predicted molar refractivity (Wildman–Crippen MR) is 134 cm³/mol. The van der Waals surface area contributed by atoms with E-state index in [4.69, 9.17) is 9.47 Å². The molecular weight excluding hydrogens is 456 g/mol. The lowest BCUT2D eigenvalue weighted by Crippen LogP contribution is -2.55. The molecular formula is C30H30O6. The molecule has 0 aromatic heterocycles. The molecule has 0 spiro atoms. The standard InChI is InChI=1S/C30H30O6/c1-20-13-15-23(16-14-20)25-26(28(32)35-18-21-9-5-3-6-10-21)24(31)17-30(2,34)27(25)29(33)36-19-22-11-7-4-8-12-22/h3-16,25-27,34H,17-19H2,1-2H3/t25-,26+,27+,30-/m1/s1. The van der Waals surface area contributed by atoms with Crippen LogP contribution in [-0.4, -0.2) is 28.4 Å². The summed E-state index contributed by atoms with van der Waals surface area (Å²) in [6.45, 7) is 3.39. The van der Waals surface area contributed by atoms with E-state index in [0.717, 1.165) is 16.7 Å². The molecule has 36 heavy (non-hydrogen) atoms. The van der Waals surface area contributed by atoms with Crippen LogP contribution in [0.3, 0.4) is 0 Å². The van der Waals surface area contributed by atoms with E-state index >= 15 is 0 Å². The third-order valence-corrected chi connectivity index (χ3v) is 6.69. The van der Waals surface area contributed by atoms with E-state index < -0.39 is 41.1 Å². The summed E-state index contributed by atoms with van der Waals surface area (Å²) in [5.74, 6) is -5.17. The molecule has 4 atom stereocenters. The topological polar surface area (TPSA) is 89.9 Å². The highest BCUT2D eigenvalue weighted by atomic mass is 16.5. The van der Waals surface area contributed by atoms with Crippen LogP contribution in [0.15, 0.2) is 84.9 Å². The van der Waals surface area contributed by atoms with Crippen molar-refractivity contribution in [2.45, 2.75) is 45.0 Å². The van der Waals surface area contributed by atoms with E-state index in [2.05, 4.69) is 0 Å². The fourth-order valence-electron chi connectivity index (χ4n) is 4.84. The van der Waals surface area contributed by atoms with Gasteiger partial charge in [-0.2, -0.15) is 0 Å². The van der Waals surface area contributed by atoms with Gasteiger partial charge >= 0.3 is 11.9 Å². The summed E-state index contributed by atoms with van der Waals surface area (Å²) in [7, 11) is 0. The van der Waals surface area contributed by atoms with Crippen LogP contribution >= 0.6 is 0 Å². The third-order valence-electron chi connectivity index (χ3n) is 6.69. The maximum atomic E-state index is 13.4. The first-order valence-corrected chi connectivity index (χ1v) is 12.0. The Morgan fingerprint density at radius 2 is 1.33 bits per heavy atom. The Labute approximate surface area is 210 Å². The second-order valence-electron chi connectivity index (χ2n) is 9.58. The molecule has 6 heteroatoms. The van der Waals surface area contributed by atoms with Gasteiger partial charge < -0.3 is 14.6 Å². The first-order valence-electron chi connectivity index (χ1n) is 12.0. The number of Topliss-reactive ketones (excluding diaryl/α,β-unsaturated/α-hetero) is 1. The minimum Gasteiger partial charge on any atom is -0.461 e. The van der Waals surface area contributed by atoms with Gasteiger partial charge in [0.05, 0.1) is 11.5 Å². The molecule has 0 radical (unpaired) electrons. The molecule has 1 aliphatic carbocycles. The highest BCUT2D eigenvalue weighted by molar-refractivity contribution is 6.02. The number of ether oxygens (including phenoxy) is 2. The number of rotatable bonds is 7. The summed E-state index contributed by atoms with van der Waals surface area (Å²) < 4.78 is 11.2. The molecule has 0 aliphatic heterocycles. The van der Waals surface area contributed by atoms with Crippen molar-refractivity contribution in [3.63, 3.8) is 0 Å². The van der Waals surface area contributed by atoms with Crippen molar-refractivity contribution in [2.24, 2.45) is 11.8 Å². The van der Waals surface area contributed by atoms with Gasteiger partial charge in [-0.15, -0.1) is 0 Å². The number of carbonyl (C=O) groups is 3. The molecule has 0 unspecified atom stereocenters. The largest absolute Gasteiger partial charge is 0.461 e. The zero-order chi connectivity index (χ0) is 25.7. The lowest BCUT2D eigenvalue weighted by Gasteiger charge is -2.43. The van der Waals surface area contributed by atoms with Crippen molar-refractivity contribution in [1.29, 1.82) is 0 Å². The Hall–Kier alpha value is -3.77. The van der Waals surface area contributed by atoms with Crippen molar-refractivity contribution in [1.82, 2.24) is 0 Å². The first-order chi connectivity index (χ1) is 17.3. The Morgan fingerprint density at radius 3 is 1.86 bits per heavy atom. The van der Waals surface area contributed by atoms with Gasteiger partial charge in [0.15, 0.2) is 5.78 Å². The first kappa shape index (κ1) is 25.3. The number of esters is 2. The molecule has 3 aromatic carbocycles. The van der Waals surface area contributed by atoms with Gasteiger partial charge in [0.1, 0.15) is 19.1 Å². The molecule has 3 aromatic rings. The van der Waals surface area contributed by atoms with Crippen LogP contribution in [0.5, 0.6) is 0 Å². The van der Waals surface area contributed by atoms with Crippen molar-refractivity contribution >= 4 is 17.7 Å². The second kappa shape index (κ2) is 10.9. The normalized spacial score (nSPS) is 23.6. The molecule has 1 fully saturated rings. The summed E-state index contributed by atoms with van der Waals surface area (Å²) in [5, 5.41) is 11.3. The fraction of sp³-hybridized carbons (Fsp3) is 0.300. The monoisotopic (exact) mass is 486 g/mol. The van der Waals surface area contributed by atoms with Gasteiger partial charge in [-0.25, -0.2) is 0 Å². The molecule has 0 amide bonds. The van der Waals surface area contributed by atoms with Crippen molar-refractivity contribution in [3.8, 4) is 0 Å². The van der Waals surface area contributed by atoms with Crippen molar-refractivity contribution < 1.29 is 29.0 Å². The smallest absolute Gasteiger partial charge is 0.317 e. The molecule has 0 heterocycles. The number of benzene rings is 3. The molecule has 186 valence electrons. The number of ketones is 1. The van der Waals surface area contributed by atoms with Gasteiger partial charge in [-0.05, 0) is 30.5 Å². The number of hydrogen-bond acceptors (Lipinski definition) is 6. The highest BCUT2D eigenvalue weighted by Crippen LogP contribution is 2.47. The van der Waals surface area contributed by atoms with E-state index in [9.17, 15) is 19.5 Å². The number of aliphatic hydroxyl groups is 1. The fourth-order valence-corrected chi connectivity index (χ4v) is 4.84. The zero-order valence-corrected chi connectivity index (χ0v) is 20.4. The summed E-state index contributed by atoms with van der Waals surface area (Å²) in [6, 6.07) is 25.6.